The molecule has 0 bridgehead atoms. The van der Waals surface area contributed by atoms with E-state index >= 15 is 0 Å². The summed E-state index contributed by atoms with van der Waals surface area (Å²) in [6.07, 6.45) is 1.02. The van der Waals surface area contributed by atoms with Crippen LogP contribution in [-0.4, -0.2) is 48.9 Å². The van der Waals surface area contributed by atoms with Crippen LogP contribution in [0.25, 0.3) is 0 Å². The molecule has 1 rings (SSSR count). The first-order chi connectivity index (χ1) is 11.0. The molecule has 0 aliphatic heterocycles. The molecular weight excluding hydrogens is 330 g/mol. The lowest BCUT2D eigenvalue weighted by atomic mass is 10.3. The molecule has 0 aliphatic carbocycles. The molecule has 0 saturated carbocycles. The third kappa shape index (κ3) is 9.17. The Morgan fingerprint density at radius 3 is 2.35 bits per heavy atom. The number of hydrogen-bond acceptors (Lipinski definition) is 4. The number of nitrogens with one attached hydrogen (secondary N) is 4. The Labute approximate surface area is 148 Å². The smallest absolute Gasteiger partial charge is 0.189 e. The number of anilines is 1. The Balaban J connectivity index is 2.21. The maximum atomic E-state index is 5.39. The van der Waals surface area contributed by atoms with Crippen LogP contribution in [0, 0.1) is 0 Å². The van der Waals surface area contributed by atoms with E-state index in [0.29, 0.717) is 16.8 Å². The highest BCUT2D eigenvalue weighted by Gasteiger charge is 2.00. The van der Waals surface area contributed by atoms with Gasteiger partial charge in [-0.25, -0.2) is 0 Å². The Kier molecular flexibility index (Phi) is 9.27. The van der Waals surface area contributed by atoms with Crippen molar-refractivity contribution in [1.29, 1.82) is 0 Å². The summed E-state index contributed by atoms with van der Waals surface area (Å²) in [5.74, 6) is 0.832. The van der Waals surface area contributed by atoms with Crippen LogP contribution in [0.3, 0.4) is 0 Å². The summed E-state index contributed by atoms with van der Waals surface area (Å²) in [6.45, 7) is 4.43. The van der Waals surface area contributed by atoms with Crippen molar-refractivity contribution in [2.24, 2.45) is 0 Å². The van der Waals surface area contributed by atoms with Crippen LogP contribution >= 0.6 is 24.4 Å². The highest BCUT2D eigenvalue weighted by Crippen LogP contribution is 2.15. The van der Waals surface area contributed by atoms with Gasteiger partial charge >= 0.3 is 0 Å². The largest absolute Gasteiger partial charge is 0.494 e. The summed E-state index contributed by atoms with van der Waals surface area (Å²) in [5.41, 5.74) is 6.57. The van der Waals surface area contributed by atoms with Crippen molar-refractivity contribution >= 4 is 40.3 Å². The normalized spacial score (nSPS) is 10.1. The Morgan fingerprint density at radius 1 is 1.09 bits per heavy atom. The van der Waals surface area contributed by atoms with Crippen LogP contribution in [-0.2, 0) is 0 Å². The predicted octanol–water partition coefficient (Wildman–Crippen LogP) is 1.70. The zero-order valence-corrected chi connectivity index (χ0v) is 15.4. The lowest BCUT2D eigenvalue weighted by Gasteiger charge is -2.15. The van der Waals surface area contributed by atoms with Gasteiger partial charge in [-0.3, -0.25) is 10.9 Å². The molecule has 0 unspecified atom stereocenters. The van der Waals surface area contributed by atoms with Crippen molar-refractivity contribution in [2.45, 2.75) is 13.3 Å². The quantitative estimate of drug-likeness (QED) is 0.335. The second-order valence-electron chi connectivity index (χ2n) is 5.07. The molecule has 0 aromatic heterocycles. The topological polar surface area (TPSA) is 60.6 Å². The van der Waals surface area contributed by atoms with Crippen molar-refractivity contribution in [3.05, 3.63) is 24.3 Å². The molecule has 0 fully saturated rings. The number of benzene rings is 1. The van der Waals surface area contributed by atoms with Gasteiger partial charge < -0.3 is 20.3 Å². The molecule has 1 aromatic rings. The van der Waals surface area contributed by atoms with Crippen LogP contribution in [0.1, 0.15) is 13.3 Å². The second kappa shape index (κ2) is 11.0. The molecule has 128 valence electrons. The summed E-state index contributed by atoms with van der Waals surface area (Å²) in [5, 5.41) is 7.11. The number of rotatable bonds is 7. The Morgan fingerprint density at radius 2 is 1.74 bits per heavy atom. The van der Waals surface area contributed by atoms with E-state index in [1.165, 1.54) is 0 Å². The number of hydrogen-bond donors (Lipinski definition) is 4. The first-order valence-corrected chi connectivity index (χ1v) is 8.31. The van der Waals surface area contributed by atoms with Crippen molar-refractivity contribution in [2.75, 3.05) is 39.1 Å². The van der Waals surface area contributed by atoms with Gasteiger partial charge in [-0.1, -0.05) is 0 Å². The Hall–Kier alpha value is -1.64. The van der Waals surface area contributed by atoms with E-state index < -0.39 is 0 Å². The SMILES string of the molecule is CCOc1ccc(NC(=S)NNC(=S)NCCCN(C)C)cc1. The van der Waals surface area contributed by atoms with Gasteiger partial charge in [0.2, 0.25) is 0 Å². The average molecular weight is 356 g/mol. The van der Waals surface area contributed by atoms with E-state index in [1.54, 1.807) is 0 Å². The van der Waals surface area contributed by atoms with Gasteiger partial charge in [0, 0.05) is 12.2 Å². The summed E-state index contributed by atoms with van der Waals surface area (Å²) >= 11 is 10.4. The molecular formula is C15H25N5OS2. The highest BCUT2D eigenvalue weighted by atomic mass is 32.1. The van der Waals surface area contributed by atoms with Crippen molar-refractivity contribution < 1.29 is 4.74 Å². The monoisotopic (exact) mass is 355 g/mol. The van der Waals surface area contributed by atoms with Crippen LogP contribution in [0.2, 0.25) is 0 Å². The van der Waals surface area contributed by atoms with E-state index in [-0.39, 0.29) is 0 Å². The maximum Gasteiger partial charge on any atom is 0.189 e. The van der Waals surface area contributed by atoms with Gasteiger partial charge in [0.05, 0.1) is 6.61 Å². The van der Waals surface area contributed by atoms with E-state index in [0.717, 1.165) is 30.9 Å². The zero-order valence-electron chi connectivity index (χ0n) is 13.8. The van der Waals surface area contributed by atoms with Gasteiger partial charge in [-0.05, 0) is 82.7 Å². The van der Waals surface area contributed by atoms with E-state index in [1.807, 2.05) is 45.3 Å². The Bertz CT molecular complexity index is 493. The van der Waals surface area contributed by atoms with Gasteiger partial charge in [-0.15, -0.1) is 0 Å². The van der Waals surface area contributed by atoms with Crippen LogP contribution in [0.4, 0.5) is 5.69 Å². The molecule has 0 amide bonds. The van der Waals surface area contributed by atoms with Gasteiger partial charge in [-0.2, -0.15) is 0 Å². The van der Waals surface area contributed by atoms with Crippen molar-refractivity contribution in [3.63, 3.8) is 0 Å². The van der Waals surface area contributed by atoms with E-state index in [2.05, 4.69) is 26.4 Å². The molecule has 0 saturated heterocycles. The predicted molar refractivity (Wildman–Crippen MR) is 104 cm³/mol. The second-order valence-corrected chi connectivity index (χ2v) is 5.89. The first kappa shape index (κ1) is 19.4. The number of ether oxygens (including phenoxy) is 1. The zero-order chi connectivity index (χ0) is 17.1. The number of thiocarbonyl (C=S) groups is 2. The summed E-state index contributed by atoms with van der Waals surface area (Å²) in [7, 11) is 4.09. The van der Waals surface area contributed by atoms with Gasteiger partial charge in [0.15, 0.2) is 10.2 Å². The van der Waals surface area contributed by atoms with E-state index in [9.17, 15) is 0 Å². The third-order valence-electron chi connectivity index (χ3n) is 2.78. The van der Waals surface area contributed by atoms with Crippen molar-refractivity contribution in [1.82, 2.24) is 21.1 Å². The first-order valence-electron chi connectivity index (χ1n) is 7.49. The fourth-order valence-electron chi connectivity index (χ4n) is 1.72. The average Bonchev–Trinajstić information content (AvgIpc) is 2.51. The summed E-state index contributed by atoms with van der Waals surface area (Å²) in [6, 6.07) is 7.57. The lowest BCUT2D eigenvalue weighted by Crippen LogP contribution is -2.48. The van der Waals surface area contributed by atoms with Crippen LogP contribution in [0.5, 0.6) is 5.75 Å². The molecule has 0 spiro atoms. The van der Waals surface area contributed by atoms with Crippen LogP contribution < -0.4 is 26.2 Å². The third-order valence-corrected chi connectivity index (χ3v) is 3.23. The molecule has 8 heteroatoms. The highest BCUT2D eigenvalue weighted by molar-refractivity contribution is 7.80. The fourth-order valence-corrected chi connectivity index (χ4v) is 2.04. The number of nitrogens with zero attached hydrogens (tertiary/aromatic N) is 1. The molecule has 0 heterocycles. The molecule has 0 aliphatic rings. The van der Waals surface area contributed by atoms with Crippen molar-refractivity contribution in [3.8, 4) is 5.75 Å². The maximum absolute atomic E-state index is 5.39. The fraction of sp³-hybridized carbons (Fsp3) is 0.467. The summed E-state index contributed by atoms with van der Waals surface area (Å²) < 4.78 is 5.39. The number of hydrazine groups is 1. The molecule has 4 N–H and O–H groups in total. The standard InChI is InChI=1S/C15H25N5OS2/c1-4-21-13-8-6-12(7-9-13)17-15(23)19-18-14(22)16-10-5-11-20(2)3/h6-9H,4-5,10-11H2,1-3H3,(H2,16,18,22)(H2,17,19,23). The molecule has 0 radical (unpaired) electrons. The molecule has 0 atom stereocenters. The summed E-state index contributed by atoms with van der Waals surface area (Å²) in [4.78, 5) is 2.13. The van der Waals surface area contributed by atoms with Crippen LogP contribution in [0.15, 0.2) is 24.3 Å². The minimum atomic E-state index is 0.437. The lowest BCUT2D eigenvalue weighted by molar-refractivity contribution is 0.340. The minimum absolute atomic E-state index is 0.437. The molecule has 23 heavy (non-hydrogen) atoms. The molecule has 1 aromatic carbocycles. The van der Waals surface area contributed by atoms with Gasteiger partial charge in [0.1, 0.15) is 5.75 Å². The van der Waals surface area contributed by atoms with E-state index in [4.69, 9.17) is 29.2 Å². The minimum Gasteiger partial charge on any atom is -0.494 e. The van der Waals surface area contributed by atoms with Gasteiger partial charge in [0.25, 0.3) is 0 Å². The molecule has 6 nitrogen and oxygen atoms in total.